The number of benzene rings is 1. The number of halogens is 1. The van der Waals surface area contributed by atoms with Gasteiger partial charge in [-0.15, -0.1) is 0 Å². The normalized spacial score (nSPS) is 12.4. The van der Waals surface area contributed by atoms with Crippen LogP contribution in [-0.2, 0) is 10.0 Å². The average Bonchev–Trinajstić information content (AvgIpc) is 2.37. The predicted molar refractivity (Wildman–Crippen MR) is 75.7 cm³/mol. The van der Waals surface area contributed by atoms with Gasteiger partial charge in [-0.25, -0.2) is 13.1 Å². The number of sulfonamides is 1. The molecule has 0 aliphatic heterocycles. The lowest BCUT2D eigenvalue weighted by Crippen LogP contribution is -2.51. The van der Waals surface area contributed by atoms with Crippen LogP contribution in [0, 0.1) is 17.0 Å². The van der Waals surface area contributed by atoms with Gasteiger partial charge in [0.15, 0.2) is 0 Å². The summed E-state index contributed by atoms with van der Waals surface area (Å²) >= 11 is 5.70. The Bertz CT molecular complexity index is 657. The molecular formula is C11H15ClN2O6S. The number of aryl methyl sites for hydroxylation is 1. The second kappa shape index (κ2) is 6.24. The number of aliphatic hydroxyl groups excluding tert-OH is 2. The van der Waals surface area contributed by atoms with Crippen LogP contribution in [0.25, 0.3) is 0 Å². The Morgan fingerprint density at radius 3 is 2.33 bits per heavy atom. The van der Waals surface area contributed by atoms with Gasteiger partial charge in [0.1, 0.15) is 5.02 Å². The van der Waals surface area contributed by atoms with Gasteiger partial charge in [0, 0.05) is 6.07 Å². The van der Waals surface area contributed by atoms with Crippen LogP contribution in [0.3, 0.4) is 0 Å². The summed E-state index contributed by atoms with van der Waals surface area (Å²) in [6, 6.07) is 2.01. The van der Waals surface area contributed by atoms with Crippen LogP contribution in [0.15, 0.2) is 17.0 Å². The van der Waals surface area contributed by atoms with Crippen LogP contribution in [0.2, 0.25) is 5.02 Å². The van der Waals surface area contributed by atoms with Crippen LogP contribution in [0.5, 0.6) is 0 Å². The number of hydrogen-bond donors (Lipinski definition) is 3. The summed E-state index contributed by atoms with van der Waals surface area (Å²) in [5.41, 5.74) is -1.83. The van der Waals surface area contributed by atoms with Crippen LogP contribution in [-0.4, -0.2) is 42.3 Å². The van der Waals surface area contributed by atoms with Crippen LogP contribution < -0.4 is 4.72 Å². The molecule has 0 fully saturated rings. The molecule has 1 rings (SSSR count). The second-order valence-electron chi connectivity index (χ2n) is 4.81. The highest BCUT2D eigenvalue weighted by Crippen LogP contribution is 2.30. The first-order valence-electron chi connectivity index (χ1n) is 5.76. The van der Waals surface area contributed by atoms with E-state index in [2.05, 4.69) is 4.72 Å². The van der Waals surface area contributed by atoms with Crippen LogP contribution in [0.1, 0.15) is 12.5 Å². The third-order valence-electron chi connectivity index (χ3n) is 2.81. The van der Waals surface area contributed by atoms with Crippen molar-refractivity contribution in [2.24, 2.45) is 0 Å². The lowest BCUT2D eigenvalue weighted by molar-refractivity contribution is -0.384. The molecule has 10 heteroatoms. The van der Waals surface area contributed by atoms with Gasteiger partial charge in [0.25, 0.3) is 5.69 Å². The zero-order valence-corrected chi connectivity index (χ0v) is 12.9. The molecule has 0 aliphatic carbocycles. The largest absolute Gasteiger partial charge is 0.394 e. The van der Waals surface area contributed by atoms with Crippen molar-refractivity contribution in [2.75, 3.05) is 13.2 Å². The summed E-state index contributed by atoms with van der Waals surface area (Å²) in [4.78, 5) is 9.70. The monoisotopic (exact) mass is 338 g/mol. The van der Waals surface area contributed by atoms with Gasteiger partial charge in [-0.05, 0) is 25.5 Å². The number of nitrogens with one attached hydrogen (secondary N) is 1. The maximum absolute atomic E-state index is 12.3. The van der Waals surface area contributed by atoms with Crippen molar-refractivity contribution in [2.45, 2.75) is 24.3 Å². The highest BCUT2D eigenvalue weighted by Gasteiger charge is 2.32. The maximum atomic E-state index is 12.3. The van der Waals surface area contributed by atoms with E-state index in [1.165, 1.54) is 19.9 Å². The Balaban J connectivity index is 3.39. The lowest BCUT2D eigenvalue weighted by Gasteiger charge is -2.26. The van der Waals surface area contributed by atoms with Crippen molar-refractivity contribution in [3.63, 3.8) is 0 Å². The first-order valence-corrected chi connectivity index (χ1v) is 7.62. The molecule has 0 saturated heterocycles. The van der Waals surface area contributed by atoms with Gasteiger partial charge < -0.3 is 10.2 Å². The van der Waals surface area contributed by atoms with E-state index in [1.807, 2.05) is 0 Å². The Morgan fingerprint density at radius 1 is 1.38 bits per heavy atom. The van der Waals surface area contributed by atoms with E-state index in [4.69, 9.17) is 21.8 Å². The van der Waals surface area contributed by atoms with E-state index in [0.717, 1.165) is 6.07 Å². The first kappa shape index (κ1) is 17.8. The molecule has 8 nitrogen and oxygen atoms in total. The van der Waals surface area contributed by atoms with E-state index in [-0.39, 0.29) is 15.5 Å². The number of nitro benzene ring substituents is 1. The SMILES string of the molecule is Cc1cc(Cl)c([N+](=O)[O-])cc1S(=O)(=O)NC(C)(CO)CO. The Labute approximate surface area is 126 Å². The molecular weight excluding hydrogens is 324 g/mol. The molecule has 1 aromatic carbocycles. The maximum Gasteiger partial charge on any atom is 0.289 e. The highest BCUT2D eigenvalue weighted by molar-refractivity contribution is 7.89. The van der Waals surface area contributed by atoms with Crippen LogP contribution in [0.4, 0.5) is 5.69 Å². The number of nitrogens with zero attached hydrogens (tertiary/aromatic N) is 1. The second-order valence-corrected chi connectivity index (χ2v) is 6.87. The highest BCUT2D eigenvalue weighted by atomic mass is 35.5. The quantitative estimate of drug-likeness (QED) is 0.513. The molecule has 0 bridgehead atoms. The average molecular weight is 339 g/mol. The third-order valence-corrected chi connectivity index (χ3v) is 4.89. The van der Waals surface area contributed by atoms with E-state index < -0.39 is 39.4 Å². The van der Waals surface area contributed by atoms with Crippen molar-refractivity contribution in [3.05, 3.63) is 32.8 Å². The molecule has 118 valence electrons. The van der Waals surface area contributed by atoms with Gasteiger partial charge >= 0.3 is 0 Å². The van der Waals surface area contributed by atoms with Gasteiger partial charge in [-0.2, -0.15) is 0 Å². The molecule has 1 aromatic rings. The summed E-state index contributed by atoms with van der Waals surface area (Å²) in [5, 5.41) is 28.9. The zero-order valence-electron chi connectivity index (χ0n) is 11.3. The van der Waals surface area contributed by atoms with Crippen molar-refractivity contribution < 1.29 is 23.6 Å². The minimum Gasteiger partial charge on any atom is -0.394 e. The fourth-order valence-electron chi connectivity index (χ4n) is 1.57. The molecule has 0 spiro atoms. The van der Waals surface area contributed by atoms with Gasteiger partial charge in [-0.1, -0.05) is 11.6 Å². The van der Waals surface area contributed by atoms with Crippen molar-refractivity contribution in [1.82, 2.24) is 4.72 Å². The molecule has 3 N–H and O–H groups in total. The Morgan fingerprint density at radius 2 is 1.90 bits per heavy atom. The first-order chi connectivity index (χ1) is 9.56. The zero-order chi connectivity index (χ0) is 16.4. The molecule has 0 heterocycles. The molecule has 0 aromatic heterocycles. The lowest BCUT2D eigenvalue weighted by atomic mass is 10.1. The van der Waals surface area contributed by atoms with Crippen molar-refractivity contribution >= 4 is 27.3 Å². The summed E-state index contributed by atoms with van der Waals surface area (Å²) < 4.78 is 26.7. The Hall–Kier alpha value is -1.26. The van der Waals surface area contributed by atoms with Crippen molar-refractivity contribution in [1.29, 1.82) is 0 Å². The molecule has 0 aliphatic rings. The fraction of sp³-hybridized carbons (Fsp3) is 0.455. The minimum atomic E-state index is -4.18. The van der Waals surface area contributed by atoms with Crippen LogP contribution >= 0.6 is 11.6 Å². The number of aliphatic hydroxyl groups is 2. The number of nitro groups is 1. The topological polar surface area (TPSA) is 130 Å². The van der Waals surface area contributed by atoms with E-state index in [0.29, 0.717) is 0 Å². The molecule has 0 radical (unpaired) electrons. The standard InChI is InChI=1S/C11H15ClN2O6S/c1-7-3-8(12)9(14(17)18)4-10(7)21(19,20)13-11(2,5-15)6-16/h3-4,13,15-16H,5-6H2,1-2H3. The van der Waals surface area contributed by atoms with E-state index >= 15 is 0 Å². The van der Waals surface area contributed by atoms with Gasteiger partial charge in [-0.3, -0.25) is 10.1 Å². The molecule has 0 amide bonds. The van der Waals surface area contributed by atoms with Gasteiger partial charge in [0.2, 0.25) is 10.0 Å². The summed E-state index contributed by atoms with van der Waals surface area (Å²) in [6.45, 7) is 1.44. The number of rotatable bonds is 6. The fourth-order valence-corrected chi connectivity index (χ4v) is 3.49. The van der Waals surface area contributed by atoms with Gasteiger partial charge in [0.05, 0.1) is 28.6 Å². The predicted octanol–water partition coefficient (Wildman–Crippen LogP) is 0.578. The summed E-state index contributed by atoms with van der Waals surface area (Å²) in [7, 11) is -4.18. The molecule has 0 unspecified atom stereocenters. The minimum absolute atomic E-state index is 0.177. The number of hydrogen-bond acceptors (Lipinski definition) is 6. The molecule has 21 heavy (non-hydrogen) atoms. The summed E-state index contributed by atoms with van der Waals surface area (Å²) in [5.74, 6) is 0. The molecule has 0 saturated carbocycles. The van der Waals surface area contributed by atoms with Crippen molar-refractivity contribution in [3.8, 4) is 0 Å². The smallest absolute Gasteiger partial charge is 0.289 e. The third kappa shape index (κ3) is 3.89. The van der Waals surface area contributed by atoms with E-state index in [9.17, 15) is 18.5 Å². The summed E-state index contributed by atoms with van der Waals surface area (Å²) in [6.07, 6.45) is 0. The Kier molecular flexibility index (Phi) is 5.29. The molecule has 0 atom stereocenters. The van der Waals surface area contributed by atoms with E-state index in [1.54, 1.807) is 0 Å².